The first-order valence-electron chi connectivity index (χ1n) is 7.80. The van der Waals surface area contributed by atoms with Gasteiger partial charge in [-0.05, 0) is 18.1 Å². The Morgan fingerprint density at radius 1 is 1.29 bits per heavy atom. The lowest BCUT2D eigenvalue weighted by atomic mass is 10.2. The minimum Gasteiger partial charge on any atom is -0.356 e. The second kappa shape index (κ2) is 7.98. The Morgan fingerprint density at radius 2 is 2.05 bits per heavy atom. The molecule has 1 fully saturated rings. The summed E-state index contributed by atoms with van der Waals surface area (Å²) < 4.78 is 0. The summed E-state index contributed by atoms with van der Waals surface area (Å²) in [6.45, 7) is 9.78. The second-order valence-electron chi connectivity index (χ2n) is 5.96. The molecule has 2 rings (SSSR count). The van der Waals surface area contributed by atoms with Gasteiger partial charge in [0.1, 0.15) is 5.82 Å². The fourth-order valence-corrected chi connectivity index (χ4v) is 2.41. The Hall–Kier alpha value is -1.62. The van der Waals surface area contributed by atoms with Gasteiger partial charge in [0.15, 0.2) is 0 Å². The number of anilines is 1. The number of amides is 1. The van der Waals surface area contributed by atoms with Gasteiger partial charge in [0, 0.05) is 51.9 Å². The number of piperazine rings is 1. The highest BCUT2D eigenvalue weighted by molar-refractivity contribution is 5.76. The SMILES string of the molecule is CC(C)CNC(=O)CCN1CCN(c2ccccn2)CC1. The molecule has 0 aromatic carbocycles. The molecule has 1 aliphatic heterocycles. The van der Waals surface area contributed by atoms with Crippen LogP contribution in [0.1, 0.15) is 20.3 Å². The molecule has 2 heterocycles. The normalized spacial score (nSPS) is 16.2. The molecule has 0 unspecified atom stereocenters. The van der Waals surface area contributed by atoms with Crippen LogP contribution in [0.5, 0.6) is 0 Å². The van der Waals surface area contributed by atoms with Crippen LogP contribution in [-0.2, 0) is 4.79 Å². The zero-order valence-electron chi connectivity index (χ0n) is 13.1. The molecule has 1 amide bonds. The Morgan fingerprint density at radius 3 is 2.67 bits per heavy atom. The predicted molar refractivity (Wildman–Crippen MR) is 85.4 cm³/mol. The standard InChI is InChI=1S/C16H26N4O/c1-14(2)13-18-16(21)6-8-19-9-11-20(12-10-19)15-5-3-4-7-17-15/h3-5,7,14H,6,8-13H2,1-2H3,(H,18,21). The van der Waals surface area contributed by atoms with Gasteiger partial charge in [-0.2, -0.15) is 0 Å². The lowest BCUT2D eigenvalue weighted by Crippen LogP contribution is -2.47. The molecule has 0 bridgehead atoms. The molecule has 1 N–H and O–H groups in total. The average Bonchev–Trinajstić information content (AvgIpc) is 2.52. The molecular weight excluding hydrogens is 264 g/mol. The largest absolute Gasteiger partial charge is 0.356 e. The zero-order chi connectivity index (χ0) is 15.1. The Labute approximate surface area is 127 Å². The lowest BCUT2D eigenvalue weighted by molar-refractivity contribution is -0.121. The third-order valence-electron chi connectivity index (χ3n) is 3.71. The number of pyridine rings is 1. The van der Waals surface area contributed by atoms with Gasteiger partial charge in [-0.3, -0.25) is 9.69 Å². The maximum Gasteiger partial charge on any atom is 0.221 e. The van der Waals surface area contributed by atoms with Crippen molar-refractivity contribution in [2.45, 2.75) is 20.3 Å². The van der Waals surface area contributed by atoms with Crippen LogP contribution in [0.2, 0.25) is 0 Å². The minimum absolute atomic E-state index is 0.163. The Kier molecular flexibility index (Phi) is 5.99. The monoisotopic (exact) mass is 290 g/mol. The highest BCUT2D eigenvalue weighted by Gasteiger charge is 2.18. The van der Waals surface area contributed by atoms with Crippen molar-refractivity contribution in [2.75, 3.05) is 44.2 Å². The number of hydrogen-bond acceptors (Lipinski definition) is 4. The molecule has 5 heteroatoms. The summed E-state index contributed by atoms with van der Waals surface area (Å²) in [6, 6.07) is 6.01. The van der Waals surface area contributed by atoms with Crippen molar-refractivity contribution in [1.82, 2.24) is 15.2 Å². The van der Waals surface area contributed by atoms with E-state index < -0.39 is 0 Å². The van der Waals surface area contributed by atoms with Crippen molar-refractivity contribution in [1.29, 1.82) is 0 Å². The lowest BCUT2D eigenvalue weighted by Gasteiger charge is -2.35. The van der Waals surface area contributed by atoms with Gasteiger partial charge in [-0.15, -0.1) is 0 Å². The summed E-state index contributed by atoms with van der Waals surface area (Å²) in [5, 5.41) is 2.97. The molecule has 0 spiro atoms. The number of aromatic nitrogens is 1. The average molecular weight is 290 g/mol. The number of nitrogens with one attached hydrogen (secondary N) is 1. The van der Waals surface area contributed by atoms with Crippen LogP contribution in [0.4, 0.5) is 5.82 Å². The predicted octanol–water partition coefficient (Wildman–Crippen LogP) is 1.37. The number of carbonyl (C=O) groups is 1. The van der Waals surface area contributed by atoms with E-state index >= 15 is 0 Å². The van der Waals surface area contributed by atoms with Crippen LogP contribution in [0, 0.1) is 5.92 Å². The van der Waals surface area contributed by atoms with Gasteiger partial charge in [0.25, 0.3) is 0 Å². The Balaban J connectivity index is 1.66. The molecule has 1 aromatic rings. The summed E-state index contributed by atoms with van der Waals surface area (Å²) in [5.74, 6) is 1.72. The fraction of sp³-hybridized carbons (Fsp3) is 0.625. The number of hydrogen-bond donors (Lipinski definition) is 1. The van der Waals surface area contributed by atoms with Crippen molar-refractivity contribution >= 4 is 11.7 Å². The molecule has 0 saturated carbocycles. The van der Waals surface area contributed by atoms with Crippen LogP contribution >= 0.6 is 0 Å². The van der Waals surface area contributed by atoms with Crippen LogP contribution in [0.3, 0.4) is 0 Å². The fourth-order valence-electron chi connectivity index (χ4n) is 2.41. The summed E-state index contributed by atoms with van der Waals surface area (Å²) >= 11 is 0. The van der Waals surface area contributed by atoms with E-state index in [1.165, 1.54) is 0 Å². The van der Waals surface area contributed by atoms with E-state index in [0.29, 0.717) is 12.3 Å². The molecule has 116 valence electrons. The van der Waals surface area contributed by atoms with Gasteiger partial charge >= 0.3 is 0 Å². The van der Waals surface area contributed by atoms with Crippen molar-refractivity contribution in [3.8, 4) is 0 Å². The van der Waals surface area contributed by atoms with E-state index in [-0.39, 0.29) is 5.91 Å². The first-order chi connectivity index (χ1) is 10.1. The summed E-state index contributed by atoms with van der Waals surface area (Å²) in [5.41, 5.74) is 0. The van der Waals surface area contributed by atoms with Crippen molar-refractivity contribution in [3.05, 3.63) is 24.4 Å². The van der Waals surface area contributed by atoms with E-state index in [4.69, 9.17) is 0 Å². The van der Waals surface area contributed by atoms with Gasteiger partial charge in [0.2, 0.25) is 5.91 Å². The number of carbonyl (C=O) groups excluding carboxylic acids is 1. The molecule has 1 saturated heterocycles. The molecule has 0 aliphatic carbocycles. The minimum atomic E-state index is 0.163. The van der Waals surface area contributed by atoms with E-state index in [1.807, 2.05) is 18.3 Å². The molecule has 21 heavy (non-hydrogen) atoms. The van der Waals surface area contributed by atoms with Crippen LogP contribution in [-0.4, -0.2) is 55.1 Å². The van der Waals surface area contributed by atoms with Crippen LogP contribution in [0.25, 0.3) is 0 Å². The number of rotatable bonds is 6. The molecular formula is C16H26N4O. The zero-order valence-corrected chi connectivity index (χ0v) is 13.1. The summed E-state index contributed by atoms with van der Waals surface area (Å²) in [7, 11) is 0. The summed E-state index contributed by atoms with van der Waals surface area (Å²) in [6.07, 6.45) is 2.43. The maximum absolute atomic E-state index is 11.7. The second-order valence-corrected chi connectivity index (χ2v) is 5.96. The van der Waals surface area contributed by atoms with E-state index in [9.17, 15) is 4.79 Å². The van der Waals surface area contributed by atoms with E-state index in [2.05, 4.69) is 40.0 Å². The van der Waals surface area contributed by atoms with Gasteiger partial charge < -0.3 is 10.2 Å². The highest BCUT2D eigenvalue weighted by Crippen LogP contribution is 2.12. The first kappa shape index (κ1) is 15.8. The van der Waals surface area contributed by atoms with Crippen LogP contribution < -0.4 is 10.2 Å². The third-order valence-corrected chi connectivity index (χ3v) is 3.71. The van der Waals surface area contributed by atoms with Crippen molar-refractivity contribution in [3.63, 3.8) is 0 Å². The molecule has 5 nitrogen and oxygen atoms in total. The van der Waals surface area contributed by atoms with Crippen molar-refractivity contribution < 1.29 is 4.79 Å². The van der Waals surface area contributed by atoms with Gasteiger partial charge in [-0.25, -0.2) is 4.98 Å². The topological polar surface area (TPSA) is 48.5 Å². The van der Waals surface area contributed by atoms with Gasteiger partial charge in [-0.1, -0.05) is 19.9 Å². The van der Waals surface area contributed by atoms with E-state index in [1.54, 1.807) is 0 Å². The third kappa shape index (κ3) is 5.34. The molecule has 1 aliphatic rings. The summed E-state index contributed by atoms with van der Waals surface area (Å²) in [4.78, 5) is 20.8. The van der Waals surface area contributed by atoms with Crippen molar-refractivity contribution in [2.24, 2.45) is 5.92 Å². The van der Waals surface area contributed by atoms with Crippen LogP contribution in [0.15, 0.2) is 24.4 Å². The molecule has 1 aromatic heterocycles. The number of nitrogens with zero attached hydrogens (tertiary/aromatic N) is 3. The smallest absolute Gasteiger partial charge is 0.221 e. The maximum atomic E-state index is 11.7. The quantitative estimate of drug-likeness (QED) is 0.859. The first-order valence-corrected chi connectivity index (χ1v) is 7.80. The molecule has 0 radical (unpaired) electrons. The molecule has 0 atom stereocenters. The highest BCUT2D eigenvalue weighted by atomic mass is 16.1. The van der Waals surface area contributed by atoms with E-state index in [0.717, 1.165) is 45.1 Å². The van der Waals surface area contributed by atoms with Gasteiger partial charge in [0.05, 0.1) is 0 Å². The Bertz CT molecular complexity index is 427.